The van der Waals surface area contributed by atoms with Gasteiger partial charge in [-0.1, -0.05) is 11.6 Å². The number of nitrogens with zero attached hydrogens (tertiary/aromatic N) is 3. The summed E-state index contributed by atoms with van der Waals surface area (Å²) in [5.41, 5.74) is 1.02. The lowest BCUT2D eigenvalue weighted by atomic mass is 9.81. The highest BCUT2D eigenvalue weighted by atomic mass is 16.5. The van der Waals surface area contributed by atoms with Crippen molar-refractivity contribution in [3.8, 4) is 0 Å². The van der Waals surface area contributed by atoms with Crippen LogP contribution in [0.2, 0.25) is 0 Å². The van der Waals surface area contributed by atoms with Crippen LogP contribution in [0.3, 0.4) is 0 Å². The van der Waals surface area contributed by atoms with Gasteiger partial charge in [0.05, 0.1) is 18.6 Å². The van der Waals surface area contributed by atoms with E-state index >= 15 is 0 Å². The molecule has 2 saturated heterocycles. The molecule has 0 N–H and O–H groups in total. The van der Waals surface area contributed by atoms with Crippen molar-refractivity contribution in [1.29, 1.82) is 0 Å². The Hall–Kier alpha value is -1.69. The third-order valence-corrected chi connectivity index (χ3v) is 6.28. The summed E-state index contributed by atoms with van der Waals surface area (Å²) in [5, 5.41) is 8.61. The number of likely N-dealkylation sites (tertiary alicyclic amines) is 1. The molecule has 0 bridgehead atoms. The van der Waals surface area contributed by atoms with Crippen molar-refractivity contribution in [2.24, 2.45) is 5.92 Å². The Kier molecular flexibility index (Phi) is 3.69. The third-order valence-electron chi connectivity index (χ3n) is 6.28. The highest BCUT2D eigenvalue weighted by Crippen LogP contribution is 2.46. The normalized spacial score (nSPS) is 31.9. The molecule has 0 aromatic carbocycles. The van der Waals surface area contributed by atoms with Crippen molar-refractivity contribution in [1.82, 2.24) is 15.1 Å². The molecule has 6 nitrogen and oxygen atoms in total. The fraction of sp³-hybridized carbons (Fsp3) is 0.737. The number of fused-ring (bicyclic) bond motifs is 1. The first-order chi connectivity index (χ1) is 12.2. The molecule has 2 aliphatic heterocycles. The number of carbonyl (C=O) groups excluding carboxylic acids is 1. The maximum atomic E-state index is 12.8. The molecule has 3 heterocycles. The second-order valence-electron chi connectivity index (χ2n) is 8.15. The minimum Gasteiger partial charge on any atom is -0.424 e. The van der Waals surface area contributed by atoms with E-state index in [0.29, 0.717) is 38.0 Å². The Bertz CT molecular complexity index is 709. The summed E-state index contributed by atoms with van der Waals surface area (Å²) in [7, 11) is 0. The van der Waals surface area contributed by atoms with Crippen LogP contribution in [0.4, 0.5) is 0 Å². The number of allylic oxidation sites excluding steroid dienone is 1. The van der Waals surface area contributed by atoms with Crippen LogP contribution in [-0.4, -0.2) is 47.3 Å². The van der Waals surface area contributed by atoms with Gasteiger partial charge in [0.15, 0.2) is 0 Å². The van der Waals surface area contributed by atoms with E-state index in [-0.39, 0.29) is 17.2 Å². The summed E-state index contributed by atoms with van der Waals surface area (Å²) in [6.45, 7) is 2.65. The molecule has 1 amide bonds. The molecule has 4 aliphatic rings. The predicted molar refractivity (Wildman–Crippen MR) is 90.0 cm³/mol. The van der Waals surface area contributed by atoms with Gasteiger partial charge in [-0.25, -0.2) is 0 Å². The van der Waals surface area contributed by atoms with E-state index < -0.39 is 0 Å². The van der Waals surface area contributed by atoms with Crippen LogP contribution in [0.1, 0.15) is 62.6 Å². The lowest BCUT2D eigenvalue weighted by Gasteiger charge is -2.23. The first-order valence-corrected chi connectivity index (χ1v) is 9.62. The number of hydrogen-bond donors (Lipinski definition) is 0. The topological polar surface area (TPSA) is 68.5 Å². The fourth-order valence-electron chi connectivity index (χ4n) is 4.53. The monoisotopic (exact) mass is 343 g/mol. The first-order valence-electron chi connectivity index (χ1n) is 9.62. The lowest BCUT2D eigenvalue weighted by Crippen LogP contribution is -2.37. The Morgan fingerprint density at radius 1 is 1.32 bits per heavy atom. The van der Waals surface area contributed by atoms with Crippen LogP contribution in [0, 0.1) is 5.92 Å². The van der Waals surface area contributed by atoms with Crippen molar-refractivity contribution in [3.05, 3.63) is 23.4 Å². The molecule has 3 fully saturated rings. The number of hydrogen-bond acceptors (Lipinski definition) is 5. The van der Waals surface area contributed by atoms with E-state index in [4.69, 9.17) is 9.15 Å². The lowest BCUT2D eigenvalue weighted by molar-refractivity contribution is -0.130. The number of aromatic nitrogens is 2. The molecule has 0 unspecified atom stereocenters. The molecule has 5 rings (SSSR count). The SMILES string of the molecule is O=C(CC1=CCCCC1)N1C[C@H]2COC[C@@]2(c2nnc(C3CC3)o2)C1. The minimum absolute atomic E-state index is 0.240. The molecule has 2 aliphatic carbocycles. The minimum atomic E-state index is -0.295. The van der Waals surface area contributed by atoms with E-state index in [0.717, 1.165) is 38.1 Å². The molecule has 1 saturated carbocycles. The van der Waals surface area contributed by atoms with E-state index in [1.54, 1.807) is 0 Å². The highest BCUT2D eigenvalue weighted by molar-refractivity contribution is 5.79. The van der Waals surface area contributed by atoms with Gasteiger partial charge >= 0.3 is 0 Å². The van der Waals surface area contributed by atoms with Gasteiger partial charge in [-0.3, -0.25) is 4.79 Å². The average molecular weight is 343 g/mol. The van der Waals surface area contributed by atoms with Gasteiger partial charge in [-0.2, -0.15) is 0 Å². The number of carbonyl (C=O) groups is 1. The van der Waals surface area contributed by atoms with Gasteiger partial charge in [-0.05, 0) is 38.5 Å². The maximum absolute atomic E-state index is 12.8. The molecule has 6 heteroatoms. The zero-order valence-electron chi connectivity index (χ0n) is 14.6. The van der Waals surface area contributed by atoms with Crippen LogP contribution in [0.15, 0.2) is 16.1 Å². The standard InChI is InChI=1S/C19H25N3O3/c23-16(8-13-4-2-1-3-5-13)22-9-15-10-24-12-19(15,11-22)18-21-20-17(25-18)14-6-7-14/h4,14-15H,1-3,5-12H2/t15-,19-/m0/s1. The summed E-state index contributed by atoms with van der Waals surface area (Å²) in [5.74, 6) is 2.42. The zero-order valence-corrected chi connectivity index (χ0v) is 14.6. The molecule has 0 spiro atoms. The maximum Gasteiger partial charge on any atom is 0.227 e. The van der Waals surface area contributed by atoms with E-state index in [1.807, 2.05) is 4.90 Å². The molecule has 134 valence electrons. The summed E-state index contributed by atoms with van der Waals surface area (Å²) >= 11 is 0. The van der Waals surface area contributed by atoms with E-state index in [9.17, 15) is 4.79 Å². The van der Waals surface area contributed by atoms with Crippen LogP contribution in [-0.2, 0) is 14.9 Å². The molecular formula is C19H25N3O3. The molecule has 1 aromatic heterocycles. The molecule has 0 radical (unpaired) electrons. The molecule has 25 heavy (non-hydrogen) atoms. The molecule has 1 aromatic rings. The predicted octanol–water partition coefficient (Wildman–Crippen LogP) is 2.56. The van der Waals surface area contributed by atoms with Gasteiger partial charge in [0.25, 0.3) is 0 Å². The Morgan fingerprint density at radius 3 is 3.04 bits per heavy atom. The molecule has 2 atom stereocenters. The van der Waals surface area contributed by atoms with Crippen molar-refractivity contribution in [3.63, 3.8) is 0 Å². The Balaban J connectivity index is 1.33. The second-order valence-corrected chi connectivity index (χ2v) is 8.15. The largest absolute Gasteiger partial charge is 0.424 e. The van der Waals surface area contributed by atoms with Crippen LogP contribution in [0.25, 0.3) is 0 Å². The quantitative estimate of drug-likeness (QED) is 0.786. The number of amides is 1. The smallest absolute Gasteiger partial charge is 0.227 e. The second kappa shape index (κ2) is 5.94. The van der Waals surface area contributed by atoms with Gasteiger partial charge < -0.3 is 14.1 Å². The van der Waals surface area contributed by atoms with E-state index in [2.05, 4.69) is 16.3 Å². The third kappa shape index (κ3) is 2.71. The van der Waals surface area contributed by atoms with E-state index in [1.165, 1.54) is 18.4 Å². The summed E-state index contributed by atoms with van der Waals surface area (Å²) in [6, 6.07) is 0. The van der Waals surface area contributed by atoms with Gasteiger partial charge in [0.1, 0.15) is 0 Å². The van der Waals surface area contributed by atoms with Crippen LogP contribution >= 0.6 is 0 Å². The summed E-state index contributed by atoms with van der Waals surface area (Å²) in [6.07, 6.45) is 9.79. The Labute approximate surface area is 147 Å². The van der Waals surface area contributed by atoms with Crippen LogP contribution < -0.4 is 0 Å². The summed E-state index contributed by atoms with van der Waals surface area (Å²) < 4.78 is 11.8. The van der Waals surface area contributed by atoms with Gasteiger partial charge in [0, 0.05) is 31.3 Å². The van der Waals surface area contributed by atoms with Gasteiger partial charge in [0.2, 0.25) is 17.7 Å². The Morgan fingerprint density at radius 2 is 2.24 bits per heavy atom. The first kappa shape index (κ1) is 15.6. The fourth-order valence-corrected chi connectivity index (χ4v) is 4.53. The van der Waals surface area contributed by atoms with Gasteiger partial charge in [-0.15, -0.1) is 10.2 Å². The van der Waals surface area contributed by atoms with Crippen LogP contribution in [0.5, 0.6) is 0 Å². The van der Waals surface area contributed by atoms with Crippen molar-refractivity contribution < 1.29 is 13.9 Å². The summed E-state index contributed by atoms with van der Waals surface area (Å²) in [4.78, 5) is 14.8. The van der Waals surface area contributed by atoms with Crippen molar-refractivity contribution in [2.45, 2.75) is 56.3 Å². The van der Waals surface area contributed by atoms with Crippen molar-refractivity contribution >= 4 is 5.91 Å². The average Bonchev–Trinajstić information content (AvgIpc) is 3.06. The molecular weight excluding hydrogens is 318 g/mol. The highest BCUT2D eigenvalue weighted by Gasteiger charge is 2.56. The number of ether oxygens (including phenoxy) is 1. The zero-order chi connectivity index (χ0) is 16.9. The van der Waals surface area contributed by atoms with Crippen molar-refractivity contribution in [2.75, 3.05) is 26.3 Å². The number of rotatable bonds is 4.